The number of nitrogens with one attached hydrogen (secondary N) is 1. The molecule has 1 aromatic rings. The van der Waals surface area contributed by atoms with Crippen LogP contribution in [0, 0.1) is 0 Å². The zero-order valence-corrected chi connectivity index (χ0v) is 11.9. The Labute approximate surface area is 109 Å². The Morgan fingerprint density at radius 3 is 2.44 bits per heavy atom. The second-order valence-corrected chi connectivity index (χ2v) is 6.89. The molecule has 3 N–H and O–H groups in total. The lowest BCUT2D eigenvalue weighted by atomic mass is 9.91. The summed E-state index contributed by atoms with van der Waals surface area (Å²) in [5.74, 6) is 0. The highest BCUT2D eigenvalue weighted by Crippen LogP contribution is 2.32. The molecule has 0 aliphatic carbocycles. The number of thiophene rings is 1. The number of aliphatic hydroxyl groups is 2. The van der Waals surface area contributed by atoms with E-state index in [0.717, 1.165) is 10.3 Å². The molecular weight excluding hydrogens is 290 g/mol. The molecule has 1 heterocycles. The summed E-state index contributed by atoms with van der Waals surface area (Å²) in [6, 6.07) is 3.91. The Balaban J connectivity index is 2.58. The van der Waals surface area contributed by atoms with Crippen molar-refractivity contribution in [1.82, 2.24) is 5.32 Å². The number of rotatable bonds is 6. The van der Waals surface area contributed by atoms with E-state index in [1.54, 1.807) is 11.3 Å². The Morgan fingerprint density at radius 2 is 2.00 bits per heavy atom. The summed E-state index contributed by atoms with van der Waals surface area (Å²) in [7, 11) is 0. The van der Waals surface area contributed by atoms with Gasteiger partial charge in [-0.1, -0.05) is 13.8 Å². The molecule has 0 aromatic carbocycles. The van der Waals surface area contributed by atoms with Gasteiger partial charge in [0, 0.05) is 16.8 Å². The lowest BCUT2D eigenvalue weighted by Gasteiger charge is -2.26. The third-order valence-corrected chi connectivity index (χ3v) is 4.50. The number of halogens is 1. The van der Waals surface area contributed by atoms with Crippen LogP contribution in [0.2, 0.25) is 0 Å². The third kappa shape index (κ3) is 3.82. The maximum Gasteiger partial charge on any atom is 0.0701 e. The summed E-state index contributed by atoms with van der Waals surface area (Å²) in [4.78, 5) is 1.28. The second-order valence-electron chi connectivity index (χ2n) is 4.43. The van der Waals surface area contributed by atoms with E-state index in [9.17, 15) is 0 Å². The van der Waals surface area contributed by atoms with Crippen LogP contribution in [0.15, 0.2) is 15.9 Å². The molecule has 0 fully saturated rings. The van der Waals surface area contributed by atoms with Crippen molar-refractivity contribution < 1.29 is 10.2 Å². The van der Waals surface area contributed by atoms with Crippen molar-refractivity contribution in [3.05, 3.63) is 20.8 Å². The molecule has 3 nitrogen and oxygen atoms in total. The molecule has 0 aliphatic rings. The number of hydrogen-bond donors (Lipinski definition) is 3. The molecule has 0 bridgehead atoms. The van der Waals surface area contributed by atoms with E-state index in [1.165, 1.54) is 4.88 Å². The van der Waals surface area contributed by atoms with Crippen LogP contribution in [-0.2, 0) is 5.41 Å². The van der Waals surface area contributed by atoms with Crippen molar-refractivity contribution in [3.63, 3.8) is 0 Å². The monoisotopic (exact) mass is 307 g/mol. The average Bonchev–Trinajstić information content (AvgIpc) is 2.67. The summed E-state index contributed by atoms with van der Waals surface area (Å²) in [5.41, 5.74) is -0.000718. The molecule has 1 aromatic heterocycles. The molecule has 16 heavy (non-hydrogen) atoms. The van der Waals surface area contributed by atoms with Gasteiger partial charge in [-0.3, -0.25) is 0 Å². The lowest BCUT2D eigenvalue weighted by molar-refractivity contribution is 0.166. The normalized spacial score (nSPS) is 12.4. The Hall–Kier alpha value is 0.0600. The standard InChI is InChI=1S/C11H18BrNO2S/c1-11(2,7-13-8(5-14)6-15)9-3-4-10(12)16-9/h3-4,8,13-15H,5-7H2,1-2H3. The molecule has 5 heteroatoms. The van der Waals surface area contributed by atoms with Crippen molar-refractivity contribution in [2.24, 2.45) is 0 Å². The van der Waals surface area contributed by atoms with Crippen molar-refractivity contribution >= 4 is 27.3 Å². The topological polar surface area (TPSA) is 52.5 Å². The van der Waals surface area contributed by atoms with E-state index < -0.39 is 0 Å². The van der Waals surface area contributed by atoms with E-state index >= 15 is 0 Å². The summed E-state index contributed by atoms with van der Waals surface area (Å²) < 4.78 is 1.12. The minimum Gasteiger partial charge on any atom is -0.395 e. The van der Waals surface area contributed by atoms with Crippen molar-refractivity contribution in [2.45, 2.75) is 25.3 Å². The largest absolute Gasteiger partial charge is 0.395 e. The van der Waals surface area contributed by atoms with Gasteiger partial charge < -0.3 is 15.5 Å². The highest BCUT2D eigenvalue weighted by atomic mass is 79.9. The Bertz CT molecular complexity index is 324. The Morgan fingerprint density at radius 1 is 1.38 bits per heavy atom. The molecule has 0 aliphatic heterocycles. The fourth-order valence-corrected chi connectivity index (χ4v) is 2.84. The molecule has 0 spiro atoms. The third-order valence-electron chi connectivity index (χ3n) is 2.51. The van der Waals surface area contributed by atoms with Gasteiger partial charge in [0.25, 0.3) is 0 Å². The van der Waals surface area contributed by atoms with Crippen LogP contribution in [0.3, 0.4) is 0 Å². The zero-order chi connectivity index (χ0) is 12.2. The molecule has 0 saturated carbocycles. The van der Waals surface area contributed by atoms with E-state index in [2.05, 4.69) is 41.2 Å². The van der Waals surface area contributed by atoms with Gasteiger partial charge in [0.05, 0.1) is 23.0 Å². The summed E-state index contributed by atoms with van der Waals surface area (Å²) in [6.07, 6.45) is 0. The van der Waals surface area contributed by atoms with Gasteiger partial charge in [0.1, 0.15) is 0 Å². The van der Waals surface area contributed by atoms with Gasteiger partial charge in [-0.05, 0) is 28.1 Å². The fourth-order valence-electron chi connectivity index (χ4n) is 1.35. The maximum atomic E-state index is 8.97. The fraction of sp³-hybridized carbons (Fsp3) is 0.636. The minimum absolute atomic E-state index is 0.000718. The highest BCUT2D eigenvalue weighted by molar-refractivity contribution is 9.11. The lowest BCUT2D eigenvalue weighted by Crippen LogP contribution is -2.42. The average molecular weight is 308 g/mol. The van der Waals surface area contributed by atoms with Gasteiger partial charge in [-0.2, -0.15) is 0 Å². The first-order chi connectivity index (χ1) is 7.49. The van der Waals surface area contributed by atoms with Crippen molar-refractivity contribution in [1.29, 1.82) is 0 Å². The zero-order valence-electron chi connectivity index (χ0n) is 9.53. The second kappa shape index (κ2) is 6.12. The number of aliphatic hydroxyl groups excluding tert-OH is 2. The van der Waals surface area contributed by atoms with E-state index in [4.69, 9.17) is 10.2 Å². The maximum absolute atomic E-state index is 8.97. The molecule has 0 amide bonds. The van der Waals surface area contributed by atoms with E-state index in [1.807, 2.05) is 6.07 Å². The van der Waals surface area contributed by atoms with E-state index in [-0.39, 0.29) is 24.7 Å². The van der Waals surface area contributed by atoms with Gasteiger partial charge in [0.2, 0.25) is 0 Å². The van der Waals surface area contributed by atoms with Crippen molar-refractivity contribution in [2.75, 3.05) is 19.8 Å². The van der Waals surface area contributed by atoms with Crippen LogP contribution in [0.1, 0.15) is 18.7 Å². The smallest absolute Gasteiger partial charge is 0.0701 e. The van der Waals surface area contributed by atoms with E-state index in [0.29, 0.717) is 0 Å². The predicted octanol–water partition coefficient (Wildman–Crippen LogP) is 1.73. The molecule has 0 radical (unpaired) electrons. The highest BCUT2D eigenvalue weighted by Gasteiger charge is 2.23. The first-order valence-corrected chi connectivity index (χ1v) is 6.81. The molecule has 92 valence electrons. The predicted molar refractivity (Wildman–Crippen MR) is 71.0 cm³/mol. The Kier molecular flexibility index (Phi) is 5.40. The first-order valence-electron chi connectivity index (χ1n) is 5.20. The van der Waals surface area contributed by atoms with Crippen LogP contribution < -0.4 is 5.32 Å². The summed E-state index contributed by atoms with van der Waals surface area (Å²) in [5, 5.41) is 21.1. The number of hydrogen-bond acceptors (Lipinski definition) is 4. The summed E-state index contributed by atoms with van der Waals surface area (Å²) >= 11 is 5.16. The van der Waals surface area contributed by atoms with Crippen LogP contribution >= 0.6 is 27.3 Å². The summed E-state index contributed by atoms with van der Waals surface area (Å²) in [6.45, 7) is 4.93. The first kappa shape index (κ1) is 14.1. The van der Waals surface area contributed by atoms with Crippen LogP contribution in [0.5, 0.6) is 0 Å². The van der Waals surface area contributed by atoms with Gasteiger partial charge in [-0.25, -0.2) is 0 Å². The van der Waals surface area contributed by atoms with Crippen LogP contribution in [0.25, 0.3) is 0 Å². The SMILES string of the molecule is CC(C)(CNC(CO)CO)c1ccc(Br)s1. The van der Waals surface area contributed by atoms with Gasteiger partial charge >= 0.3 is 0 Å². The molecule has 1 rings (SSSR count). The van der Waals surface area contributed by atoms with Gasteiger partial charge in [-0.15, -0.1) is 11.3 Å². The molecule has 0 atom stereocenters. The molecular formula is C11H18BrNO2S. The molecule has 0 saturated heterocycles. The van der Waals surface area contributed by atoms with Gasteiger partial charge in [0.15, 0.2) is 0 Å². The van der Waals surface area contributed by atoms with Crippen LogP contribution in [0.4, 0.5) is 0 Å². The minimum atomic E-state index is -0.234. The van der Waals surface area contributed by atoms with Crippen LogP contribution in [-0.4, -0.2) is 36.0 Å². The van der Waals surface area contributed by atoms with Crippen molar-refractivity contribution in [3.8, 4) is 0 Å². The quantitative estimate of drug-likeness (QED) is 0.750. The molecule has 0 unspecified atom stereocenters.